The van der Waals surface area contributed by atoms with E-state index in [4.69, 9.17) is 10.5 Å². The zero-order valence-electron chi connectivity index (χ0n) is 8.63. The molecule has 74 valence electrons. The number of benzene rings is 1. The monoisotopic (exact) mass is 189 g/mol. The van der Waals surface area contributed by atoms with Gasteiger partial charge in [0.2, 0.25) is 0 Å². The van der Waals surface area contributed by atoms with Gasteiger partial charge in [-0.25, -0.2) is 0 Å². The summed E-state index contributed by atoms with van der Waals surface area (Å²) in [6.07, 6.45) is 0.764. The minimum atomic E-state index is 0.631. The van der Waals surface area contributed by atoms with Gasteiger partial charge in [0.15, 0.2) is 0 Å². The number of aryl methyl sites for hydroxylation is 1. The van der Waals surface area contributed by atoms with Gasteiger partial charge in [-0.05, 0) is 37.6 Å². The van der Waals surface area contributed by atoms with Crippen molar-refractivity contribution in [2.24, 2.45) is 0 Å². The number of hydrogen-bond acceptors (Lipinski definition) is 2. The SMILES string of the molecule is CC#CCCOc1ccc(N)cc1C. The van der Waals surface area contributed by atoms with Crippen LogP contribution in [-0.2, 0) is 0 Å². The lowest BCUT2D eigenvalue weighted by Gasteiger charge is -2.07. The van der Waals surface area contributed by atoms with Crippen LogP contribution in [0.2, 0.25) is 0 Å². The van der Waals surface area contributed by atoms with Crippen molar-refractivity contribution in [2.45, 2.75) is 20.3 Å². The lowest BCUT2D eigenvalue weighted by Crippen LogP contribution is -1.98. The van der Waals surface area contributed by atoms with Crippen LogP contribution >= 0.6 is 0 Å². The molecule has 0 aliphatic carbocycles. The quantitative estimate of drug-likeness (QED) is 0.450. The van der Waals surface area contributed by atoms with Crippen LogP contribution in [0.3, 0.4) is 0 Å². The van der Waals surface area contributed by atoms with Gasteiger partial charge in [0.05, 0.1) is 6.61 Å². The Labute approximate surface area is 85.1 Å². The fourth-order valence-corrected chi connectivity index (χ4v) is 1.17. The molecule has 0 aliphatic rings. The van der Waals surface area contributed by atoms with Crippen molar-refractivity contribution in [1.82, 2.24) is 0 Å². The molecule has 0 heterocycles. The molecule has 2 nitrogen and oxygen atoms in total. The van der Waals surface area contributed by atoms with Gasteiger partial charge in [-0.2, -0.15) is 0 Å². The largest absolute Gasteiger partial charge is 0.492 e. The van der Waals surface area contributed by atoms with E-state index in [0.29, 0.717) is 6.61 Å². The molecule has 0 amide bonds. The van der Waals surface area contributed by atoms with Crippen molar-refractivity contribution < 1.29 is 4.74 Å². The third-order valence-corrected chi connectivity index (χ3v) is 1.86. The van der Waals surface area contributed by atoms with Crippen LogP contribution in [0, 0.1) is 18.8 Å². The molecule has 1 aromatic carbocycles. The van der Waals surface area contributed by atoms with Gasteiger partial charge in [-0.3, -0.25) is 0 Å². The molecule has 0 bridgehead atoms. The van der Waals surface area contributed by atoms with Gasteiger partial charge >= 0.3 is 0 Å². The number of rotatable bonds is 3. The lowest BCUT2D eigenvalue weighted by atomic mass is 10.2. The fraction of sp³-hybridized carbons (Fsp3) is 0.333. The van der Waals surface area contributed by atoms with Gasteiger partial charge < -0.3 is 10.5 Å². The van der Waals surface area contributed by atoms with E-state index in [-0.39, 0.29) is 0 Å². The maximum atomic E-state index is 5.63. The van der Waals surface area contributed by atoms with E-state index in [1.165, 1.54) is 0 Å². The Morgan fingerprint density at radius 2 is 2.21 bits per heavy atom. The average molecular weight is 189 g/mol. The first-order valence-corrected chi connectivity index (χ1v) is 4.62. The Morgan fingerprint density at radius 1 is 1.43 bits per heavy atom. The Kier molecular flexibility index (Phi) is 3.87. The van der Waals surface area contributed by atoms with Gasteiger partial charge in [-0.15, -0.1) is 11.8 Å². The number of hydrogen-bond donors (Lipinski definition) is 1. The summed E-state index contributed by atoms with van der Waals surface area (Å²) < 4.78 is 5.54. The van der Waals surface area contributed by atoms with Crippen LogP contribution in [0.25, 0.3) is 0 Å². The van der Waals surface area contributed by atoms with Crippen LogP contribution < -0.4 is 10.5 Å². The maximum absolute atomic E-state index is 5.63. The highest BCUT2D eigenvalue weighted by atomic mass is 16.5. The van der Waals surface area contributed by atoms with E-state index in [0.717, 1.165) is 23.4 Å². The normalized spacial score (nSPS) is 9.00. The van der Waals surface area contributed by atoms with Gasteiger partial charge in [-0.1, -0.05) is 0 Å². The summed E-state index contributed by atoms with van der Waals surface area (Å²) in [5.74, 6) is 6.66. The highest BCUT2D eigenvalue weighted by Crippen LogP contribution is 2.19. The lowest BCUT2D eigenvalue weighted by molar-refractivity contribution is 0.325. The van der Waals surface area contributed by atoms with E-state index in [1.807, 2.05) is 32.0 Å². The van der Waals surface area contributed by atoms with E-state index in [9.17, 15) is 0 Å². The van der Waals surface area contributed by atoms with Crippen LogP contribution in [-0.4, -0.2) is 6.61 Å². The van der Waals surface area contributed by atoms with Crippen LogP contribution in [0.5, 0.6) is 5.75 Å². The minimum Gasteiger partial charge on any atom is -0.492 e. The number of nitrogen functional groups attached to an aromatic ring is 1. The topological polar surface area (TPSA) is 35.2 Å². The van der Waals surface area contributed by atoms with Crippen molar-refractivity contribution in [3.05, 3.63) is 23.8 Å². The predicted octanol–water partition coefficient (Wildman–Crippen LogP) is 2.37. The number of nitrogens with two attached hydrogens (primary N) is 1. The third-order valence-electron chi connectivity index (χ3n) is 1.86. The molecular weight excluding hydrogens is 174 g/mol. The second kappa shape index (κ2) is 5.18. The van der Waals surface area contributed by atoms with Crippen LogP contribution in [0.4, 0.5) is 5.69 Å². The van der Waals surface area contributed by atoms with Crippen LogP contribution in [0.15, 0.2) is 18.2 Å². The number of ether oxygens (including phenoxy) is 1. The van der Waals surface area contributed by atoms with Crippen molar-refractivity contribution in [1.29, 1.82) is 0 Å². The molecular formula is C12H15NO. The zero-order valence-corrected chi connectivity index (χ0v) is 8.63. The van der Waals surface area contributed by atoms with Crippen LogP contribution in [0.1, 0.15) is 18.9 Å². The summed E-state index contributed by atoms with van der Waals surface area (Å²) in [5, 5.41) is 0. The predicted molar refractivity (Wildman–Crippen MR) is 59.2 cm³/mol. The molecule has 0 spiro atoms. The molecule has 0 saturated heterocycles. The number of anilines is 1. The molecule has 0 radical (unpaired) electrons. The third kappa shape index (κ3) is 3.02. The van der Waals surface area contributed by atoms with Crippen molar-refractivity contribution in [3.8, 4) is 17.6 Å². The Hall–Kier alpha value is -1.62. The van der Waals surface area contributed by atoms with Crippen molar-refractivity contribution in [3.63, 3.8) is 0 Å². The molecule has 2 N–H and O–H groups in total. The van der Waals surface area contributed by atoms with Gasteiger partial charge in [0, 0.05) is 12.1 Å². The molecule has 0 fully saturated rings. The van der Waals surface area contributed by atoms with Gasteiger partial charge in [0.25, 0.3) is 0 Å². The highest BCUT2D eigenvalue weighted by molar-refractivity contribution is 5.47. The molecule has 14 heavy (non-hydrogen) atoms. The van der Waals surface area contributed by atoms with E-state index in [1.54, 1.807) is 0 Å². The van der Waals surface area contributed by atoms with E-state index >= 15 is 0 Å². The van der Waals surface area contributed by atoms with Gasteiger partial charge in [0.1, 0.15) is 5.75 Å². The smallest absolute Gasteiger partial charge is 0.122 e. The van der Waals surface area contributed by atoms with E-state index < -0.39 is 0 Å². The Morgan fingerprint density at radius 3 is 2.86 bits per heavy atom. The summed E-state index contributed by atoms with van der Waals surface area (Å²) in [6, 6.07) is 5.64. The highest BCUT2D eigenvalue weighted by Gasteiger charge is 1.98. The maximum Gasteiger partial charge on any atom is 0.122 e. The molecule has 1 rings (SSSR count). The standard InChI is InChI=1S/C12H15NO/c1-3-4-5-8-14-12-7-6-11(13)9-10(12)2/h6-7,9H,5,8,13H2,1-2H3. The summed E-state index contributed by atoms with van der Waals surface area (Å²) in [5.41, 5.74) is 7.46. The Bertz CT molecular complexity index is 360. The molecule has 0 aliphatic heterocycles. The molecule has 2 heteroatoms. The summed E-state index contributed by atoms with van der Waals surface area (Å²) in [4.78, 5) is 0. The first-order chi connectivity index (χ1) is 6.74. The van der Waals surface area contributed by atoms with E-state index in [2.05, 4.69) is 11.8 Å². The summed E-state index contributed by atoms with van der Waals surface area (Å²) in [6.45, 7) is 4.44. The summed E-state index contributed by atoms with van der Waals surface area (Å²) >= 11 is 0. The molecule has 0 saturated carbocycles. The zero-order chi connectivity index (χ0) is 10.4. The first-order valence-electron chi connectivity index (χ1n) is 4.62. The first kappa shape index (κ1) is 10.5. The second-order valence-electron chi connectivity index (χ2n) is 3.05. The Balaban J connectivity index is 2.53. The summed E-state index contributed by atoms with van der Waals surface area (Å²) in [7, 11) is 0. The van der Waals surface area contributed by atoms with Crippen molar-refractivity contribution in [2.75, 3.05) is 12.3 Å². The fourth-order valence-electron chi connectivity index (χ4n) is 1.17. The minimum absolute atomic E-state index is 0.631. The van der Waals surface area contributed by atoms with Crippen molar-refractivity contribution >= 4 is 5.69 Å². The average Bonchev–Trinajstić information content (AvgIpc) is 2.15. The molecule has 0 aromatic heterocycles. The molecule has 0 atom stereocenters. The second-order valence-corrected chi connectivity index (χ2v) is 3.05. The molecule has 0 unspecified atom stereocenters. The molecule has 1 aromatic rings.